The van der Waals surface area contributed by atoms with E-state index in [4.69, 9.17) is 0 Å². The summed E-state index contributed by atoms with van der Waals surface area (Å²) < 4.78 is 0. The van der Waals surface area contributed by atoms with Gasteiger partial charge in [0, 0.05) is 44.5 Å². The highest BCUT2D eigenvalue weighted by Crippen LogP contribution is 2.44. The van der Waals surface area contributed by atoms with Crippen LogP contribution in [0.5, 0.6) is 0 Å². The second-order valence-electron chi connectivity index (χ2n) is 8.21. The first-order chi connectivity index (χ1) is 12.3. The number of likely N-dealkylation sites (tertiary alicyclic amines) is 1. The first kappa shape index (κ1) is 16.8. The molecule has 1 aliphatic carbocycles. The Hall–Kier alpha value is -1.65. The highest BCUT2D eigenvalue weighted by molar-refractivity contribution is 5.79. The molecule has 1 aromatic heterocycles. The van der Waals surface area contributed by atoms with Crippen LogP contribution >= 0.6 is 0 Å². The zero-order valence-electron chi connectivity index (χ0n) is 15.2. The maximum atomic E-state index is 12.9. The Labute approximate surface area is 150 Å². The molecule has 1 spiro atoms. The van der Waals surface area contributed by atoms with Gasteiger partial charge in [0.25, 0.3) is 0 Å². The summed E-state index contributed by atoms with van der Waals surface area (Å²) in [5.41, 5.74) is 0.574. The molecule has 1 saturated carbocycles. The third-order valence-corrected chi connectivity index (χ3v) is 6.77. The molecule has 136 valence electrons. The van der Waals surface area contributed by atoms with Crippen LogP contribution in [0, 0.1) is 11.3 Å². The highest BCUT2D eigenvalue weighted by Gasteiger charge is 2.38. The van der Waals surface area contributed by atoms with Gasteiger partial charge in [0.1, 0.15) is 5.82 Å². The number of hydrogen-bond donors (Lipinski definition) is 0. The van der Waals surface area contributed by atoms with E-state index in [2.05, 4.69) is 19.8 Å². The van der Waals surface area contributed by atoms with Gasteiger partial charge in [-0.05, 0) is 43.9 Å². The van der Waals surface area contributed by atoms with Gasteiger partial charge in [0.2, 0.25) is 5.91 Å². The molecule has 0 atom stereocenters. The smallest absolute Gasteiger partial charge is 0.225 e. The van der Waals surface area contributed by atoms with E-state index in [9.17, 15) is 4.79 Å². The average molecular weight is 342 g/mol. The van der Waals surface area contributed by atoms with Gasteiger partial charge in [-0.15, -0.1) is 0 Å². The number of rotatable bonds is 2. The number of hydrogen-bond acceptors (Lipinski definition) is 4. The first-order valence-electron chi connectivity index (χ1n) is 10.1. The lowest BCUT2D eigenvalue weighted by atomic mass is 9.68. The standard InChI is InChI=1S/C20H30N4O/c25-19(24-14-8-20(9-15-24)6-2-1-3-7-20)17-4-12-23(13-5-17)18-16-21-10-11-22-18/h10-11,16-17H,1-9,12-15H2. The molecular weight excluding hydrogens is 312 g/mol. The number of anilines is 1. The fraction of sp³-hybridized carbons (Fsp3) is 0.750. The minimum atomic E-state index is 0.202. The molecule has 5 nitrogen and oxygen atoms in total. The number of carbonyl (C=O) groups excluding carboxylic acids is 1. The van der Waals surface area contributed by atoms with Gasteiger partial charge >= 0.3 is 0 Å². The summed E-state index contributed by atoms with van der Waals surface area (Å²) in [4.78, 5) is 25.9. The predicted octanol–water partition coefficient (Wildman–Crippen LogP) is 3.27. The minimum absolute atomic E-state index is 0.202. The number of nitrogens with zero attached hydrogens (tertiary/aromatic N) is 4. The van der Waals surface area contributed by atoms with Crippen molar-refractivity contribution in [2.75, 3.05) is 31.1 Å². The maximum absolute atomic E-state index is 12.9. The molecule has 25 heavy (non-hydrogen) atoms. The van der Waals surface area contributed by atoms with Crippen LogP contribution < -0.4 is 4.90 Å². The summed E-state index contributed by atoms with van der Waals surface area (Å²) in [6, 6.07) is 0. The predicted molar refractivity (Wildman–Crippen MR) is 98.3 cm³/mol. The monoisotopic (exact) mass is 342 g/mol. The lowest BCUT2D eigenvalue weighted by Crippen LogP contribution is -2.48. The molecule has 3 aliphatic rings. The van der Waals surface area contributed by atoms with Crippen molar-refractivity contribution >= 4 is 11.7 Å². The van der Waals surface area contributed by atoms with Gasteiger partial charge < -0.3 is 9.80 Å². The first-order valence-corrected chi connectivity index (χ1v) is 10.1. The Kier molecular flexibility index (Phi) is 4.91. The molecule has 3 fully saturated rings. The van der Waals surface area contributed by atoms with Crippen LogP contribution in [-0.4, -0.2) is 47.0 Å². The molecule has 1 aromatic rings. The molecular formula is C20H30N4O. The molecule has 2 saturated heterocycles. The van der Waals surface area contributed by atoms with Crippen LogP contribution in [0.3, 0.4) is 0 Å². The second kappa shape index (κ2) is 7.30. The van der Waals surface area contributed by atoms with E-state index >= 15 is 0 Å². The summed E-state index contributed by atoms with van der Waals surface area (Å²) >= 11 is 0. The molecule has 0 bridgehead atoms. The van der Waals surface area contributed by atoms with Gasteiger partial charge in [-0.25, -0.2) is 4.98 Å². The summed E-state index contributed by atoms with van der Waals surface area (Å²) in [6.45, 7) is 3.80. The molecule has 0 unspecified atom stereocenters. The fourth-order valence-electron chi connectivity index (χ4n) is 5.07. The van der Waals surface area contributed by atoms with Crippen LogP contribution in [0.25, 0.3) is 0 Å². The summed E-state index contributed by atoms with van der Waals surface area (Å²) in [7, 11) is 0. The lowest BCUT2D eigenvalue weighted by molar-refractivity contribution is -0.139. The third-order valence-electron chi connectivity index (χ3n) is 6.77. The topological polar surface area (TPSA) is 49.3 Å². The van der Waals surface area contributed by atoms with Crippen molar-refractivity contribution in [2.45, 2.75) is 57.8 Å². The Balaban J connectivity index is 1.28. The van der Waals surface area contributed by atoms with Crippen LogP contribution in [0.4, 0.5) is 5.82 Å². The van der Waals surface area contributed by atoms with Crippen molar-refractivity contribution in [3.05, 3.63) is 18.6 Å². The largest absolute Gasteiger partial charge is 0.355 e. The van der Waals surface area contributed by atoms with Crippen molar-refractivity contribution in [1.82, 2.24) is 14.9 Å². The molecule has 0 radical (unpaired) electrons. The number of piperidine rings is 2. The molecule has 2 aliphatic heterocycles. The second-order valence-corrected chi connectivity index (χ2v) is 8.21. The van der Waals surface area contributed by atoms with Gasteiger partial charge in [-0.2, -0.15) is 0 Å². The van der Waals surface area contributed by atoms with E-state index in [1.165, 1.54) is 44.9 Å². The number of carbonyl (C=O) groups is 1. The van der Waals surface area contributed by atoms with Crippen molar-refractivity contribution in [2.24, 2.45) is 11.3 Å². The zero-order valence-corrected chi connectivity index (χ0v) is 15.2. The molecule has 0 aromatic carbocycles. The average Bonchev–Trinajstić information content (AvgIpc) is 2.70. The van der Waals surface area contributed by atoms with Crippen molar-refractivity contribution < 1.29 is 4.79 Å². The Morgan fingerprint density at radius 3 is 2.32 bits per heavy atom. The van der Waals surface area contributed by atoms with E-state index in [1.54, 1.807) is 12.4 Å². The number of aromatic nitrogens is 2. The van der Waals surface area contributed by atoms with Gasteiger partial charge in [0.05, 0.1) is 6.20 Å². The van der Waals surface area contributed by atoms with Crippen LogP contribution in [-0.2, 0) is 4.79 Å². The van der Waals surface area contributed by atoms with E-state index in [0.717, 1.165) is 44.8 Å². The van der Waals surface area contributed by atoms with E-state index < -0.39 is 0 Å². The van der Waals surface area contributed by atoms with Gasteiger partial charge in [-0.3, -0.25) is 9.78 Å². The van der Waals surface area contributed by atoms with Crippen molar-refractivity contribution in [1.29, 1.82) is 0 Å². The van der Waals surface area contributed by atoms with Gasteiger partial charge in [-0.1, -0.05) is 19.3 Å². The van der Waals surface area contributed by atoms with Crippen LogP contribution in [0.15, 0.2) is 18.6 Å². The van der Waals surface area contributed by atoms with Crippen molar-refractivity contribution in [3.8, 4) is 0 Å². The van der Waals surface area contributed by atoms with Crippen LogP contribution in [0.2, 0.25) is 0 Å². The Morgan fingerprint density at radius 1 is 0.960 bits per heavy atom. The molecule has 4 rings (SSSR count). The van der Waals surface area contributed by atoms with Gasteiger partial charge in [0.15, 0.2) is 0 Å². The molecule has 3 heterocycles. The summed E-state index contributed by atoms with van der Waals surface area (Å²) in [5.74, 6) is 1.54. The third kappa shape index (κ3) is 3.65. The quantitative estimate of drug-likeness (QED) is 0.828. The summed E-state index contributed by atoms with van der Waals surface area (Å²) in [6.07, 6.45) is 16.6. The minimum Gasteiger partial charge on any atom is -0.355 e. The molecule has 5 heteroatoms. The highest BCUT2D eigenvalue weighted by atomic mass is 16.2. The van der Waals surface area contributed by atoms with Crippen LogP contribution in [0.1, 0.15) is 57.8 Å². The SMILES string of the molecule is O=C(C1CCN(c2cnccn2)CC1)N1CCC2(CCCCC2)CC1. The summed E-state index contributed by atoms with van der Waals surface area (Å²) in [5, 5.41) is 0. The Bertz CT molecular complexity index is 567. The maximum Gasteiger partial charge on any atom is 0.225 e. The fourth-order valence-corrected chi connectivity index (χ4v) is 5.07. The molecule has 1 amide bonds. The normalized spacial score (nSPS) is 24.5. The molecule has 0 N–H and O–H groups in total. The van der Waals surface area contributed by atoms with E-state index in [-0.39, 0.29) is 5.92 Å². The van der Waals surface area contributed by atoms with E-state index in [0.29, 0.717) is 11.3 Å². The lowest BCUT2D eigenvalue weighted by Gasteiger charge is -2.45. The van der Waals surface area contributed by atoms with Crippen molar-refractivity contribution in [3.63, 3.8) is 0 Å². The van der Waals surface area contributed by atoms with E-state index in [1.807, 2.05) is 6.20 Å². The number of amides is 1. The zero-order chi connectivity index (χ0) is 17.1. The Morgan fingerprint density at radius 2 is 1.68 bits per heavy atom.